The first-order valence-corrected chi connectivity index (χ1v) is 13.7. The predicted molar refractivity (Wildman–Crippen MR) is 139 cm³/mol. The van der Waals surface area contributed by atoms with Crippen LogP contribution in [0.3, 0.4) is 0 Å². The van der Waals surface area contributed by atoms with Crippen LogP contribution in [-0.2, 0) is 14.3 Å². The molecule has 4 unspecified atom stereocenters. The standard InChI is InChI=1S/C26H41N3O5S/c1-7-8-13-27-23(31)22(18-10-9-11-19(30)16-18)29(21-15-17(21)2)24(32)20(12-14-35-6)28-25(33)34-26(3,4)5/h9-11,16-17,20-22,30H,7-8,12-15H2,1-6H3,(H,27,31)(H,28,33). The van der Waals surface area contributed by atoms with Gasteiger partial charge in [-0.15, -0.1) is 0 Å². The van der Waals surface area contributed by atoms with Crippen LogP contribution < -0.4 is 10.6 Å². The lowest BCUT2D eigenvalue weighted by Gasteiger charge is -2.35. The molecule has 1 saturated carbocycles. The third kappa shape index (κ3) is 8.94. The molecule has 1 aromatic rings. The number of nitrogens with zero attached hydrogens (tertiary/aromatic N) is 1. The Bertz CT molecular complexity index is 873. The third-order valence-electron chi connectivity index (χ3n) is 5.82. The SMILES string of the molecule is CCCCNC(=O)C(c1cccc(O)c1)N(C(=O)C(CCSC)NC(=O)OC(C)(C)C)C1CC1C. The van der Waals surface area contributed by atoms with Crippen molar-refractivity contribution in [3.63, 3.8) is 0 Å². The van der Waals surface area contributed by atoms with Crippen LogP contribution in [0.5, 0.6) is 5.75 Å². The van der Waals surface area contributed by atoms with E-state index < -0.39 is 23.8 Å². The van der Waals surface area contributed by atoms with Crippen molar-refractivity contribution >= 4 is 29.7 Å². The Hall–Kier alpha value is -2.42. The maximum Gasteiger partial charge on any atom is 0.408 e. The Labute approximate surface area is 213 Å². The second-order valence-electron chi connectivity index (χ2n) is 10.1. The van der Waals surface area contributed by atoms with E-state index in [-0.39, 0.29) is 29.5 Å². The van der Waals surface area contributed by atoms with Crippen LogP contribution in [0.1, 0.15) is 71.9 Å². The number of carbonyl (C=O) groups excluding carboxylic acids is 3. The van der Waals surface area contributed by atoms with Crippen LogP contribution in [0.4, 0.5) is 4.79 Å². The molecular weight excluding hydrogens is 466 g/mol. The number of alkyl carbamates (subject to hydrolysis) is 1. The van der Waals surface area contributed by atoms with E-state index in [2.05, 4.69) is 10.6 Å². The van der Waals surface area contributed by atoms with Gasteiger partial charge >= 0.3 is 6.09 Å². The molecule has 0 bridgehead atoms. The number of aromatic hydroxyl groups is 1. The van der Waals surface area contributed by atoms with Crippen LogP contribution in [0, 0.1) is 5.92 Å². The molecule has 1 aliphatic carbocycles. The summed E-state index contributed by atoms with van der Waals surface area (Å²) in [6, 6.07) is 4.58. The zero-order chi connectivity index (χ0) is 26.2. The number of rotatable bonds is 12. The molecule has 4 atom stereocenters. The van der Waals surface area contributed by atoms with E-state index in [0.717, 1.165) is 19.3 Å². The van der Waals surface area contributed by atoms with Crippen molar-refractivity contribution in [2.24, 2.45) is 5.92 Å². The summed E-state index contributed by atoms with van der Waals surface area (Å²) >= 11 is 1.58. The molecule has 196 valence electrons. The minimum atomic E-state index is -0.918. The summed E-state index contributed by atoms with van der Waals surface area (Å²) in [4.78, 5) is 41.7. The van der Waals surface area contributed by atoms with E-state index in [1.54, 1.807) is 49.6 Å². The summed E-state index contributed by atoms with van der Waals surface area (Å²) in [5.74, 6) is 0.288. The van der Waals surface area contributed by atoms with E-state index in [9.17, 15) is 19.5 Å². The van der Waals surface area contributed by atoms with Crippen molar-refractivity contribution in [3.05, 3.63) is 29.8 Å². The molecule has 3 amide bonds. The van der Waals surface area contributed by atoms with E-state index in [1.165, 1.54) is 12.1 Å². The minimum absolute atomic E-state index is 0.0240. The molecule has 0 saturated heterocycles. The molecule has 1 aromatic carbocycles. The van der Waals surface area contributed by atoms with Crippen molar-refractivity contribution in [1.82, 2.24) is 15.5 Å². The van der Waals surface area contributed by atoms with Gasteiger partial charge < -0.3 is 25.4 Å². The van der Waals surface area contributed by atoms with Gasteiger partial charge in [-0.1, -0.05) is 32.4 Å². The number of amides is 3. The summed E-state index contributed by atoms with van der Waals surface area (Å²) in [6.45, 7) is 9.88. The predicted octanol–water partition coefficient (Wildman–Crippen LogP) is 4.23. The summed E-state index contributed by atoms with van der Waals surface area (Å²) in [5, 5.41) is 15.8. The van der Waals surface area contributed by atoms with Gasteiger partial charge in [0, 0.05) is 12.6 Å². The molecule has 0 spiro atoms. The lowest BCUT2D eigenvalue weighted by Crippen LogP contribution is -2.54. The Morgan fingerprint density at radius 2 is 1.97 bits per heavy atom. The molecule has 3 N–H and O–H groups in total. The first-order valence-electron chi connectivity index (χ1n) is 12.4. The normalized spacial score (nSPS) is 18.8. The van der Waals surface area contributed by atoms with Gasteiger partial charge in [0.2, 0.25) is 11.8 Å². The highest BCUT2D eigenvalue weighted by Crippen LogP contribution is 2.41. The van der Waals surface area contributed by atoms with Crippen LogP contribution in [0.25, 0.3) is 0 Å². The highest BCUT2D eigenvalue weighted by atomic mass is 32.2. The fraction of sp³-hybridized carbons (Fsp3) is 0.654. The number of carbonyl (C=O) groups is 3. The molecule has 1 fully saturated rings. The maximum absolute atomic E-state index is 14.0. The molecule has 2 rings (SSSR count). The Morgan fingerprint density at radius 3 is 2.51 bits per heavy atom. The van der Waals surface area contributed by atoms with Crippen molar-refractivity contribution in [2.75, 3.05) is 18.6 Å². The fourth-order valence-electron chi connectivity index (χ4n) is 3.91. The van der Waals surface area contributed by atoms with E-state index in [1.807, 2.05) is 20.1 Å². The second kappa shape index (κ2) is 13.0. The van der Waals surface area contributed by atoms with Gasteiger partial charge in [-0.3, -0.25) is 9.59 Å². The van der Waals surface area contributed by atoms with E-state index in [0.29, 0.717) is 24.3 Å². The van der Waals surface area contributed by atoms with Gasteiger partial charge in [0.25, 0.3) is 0 Å². The highest BCUT2D eigenvalue weighted by molar-refractivity contribution is 7.98. The topological polar surface area (TPSA) is 108 Å². The molecule has 0 radical (unpaired) electrons. The largest absolute Gasteiger partial charge is 0.508 e. The first kappa shape index (κ1) is 28.8. The van der Waals surface area contributed by atoms with Gasteiger partial charge in [-0.25, -0.2) is 4.79 Å². The number of benzene rings is 1. The van der Waals surface area contributed by atoms with E-state index >= 15 is 0 Å². The van der Waals surface area contributed by atoms with Gasteiger partial charge in [0.05, 0.1) is 0 Å². The molecule has 0 heterocycles. The first-order chi connectivity index (χ1) is 16.5. The molecule has 0 aliphatic heterocycles. The summed E-state index contributed by atoms with van der Waals surface area (Å²) in [6.07, 6.45) is 4.19. The maximum atomic E-state index is 14.0. The molecule has 8 nitrogen and oxygen atoms in total. The summed E-state index contributed by atoms with van der Waals surface area (Å²) in [5.41, 5.74) is -0.169. The molecule has 9 heteroatoms. The van der Waals surface area contributed by atoms with Gasteiger partial charge in [-0.05, 0) is 75.7 Å². The van der Waals surface area contributed by atoms with Crippen LogP contribution >= 0.6 is 11.8 Å². The second-order valence-corrected chi connectivity index (χ2v) is 11.1. The van der Waals surface area contributed by atoms with Gasteiger partial charge in [0.1, 0.15) is 23.4 Å². The number of phenolic OH excluding ortho intramolecular Hbond substituents is 1. The number of thioether (sulfide) groups is 1. The number of nitrogens with one attached hydrogen (secondary N) is 2. The highest BCUT2D eigenvalue weighted by Gasteiger charge is 2.48. The van der Waals surface area contributed by atoms with Crippen molar-refractivity contribution in [1.29, 1.82) is 0 Å². The third-order valence-corrected chi connectivity index (χ3v) is 6.46. The monoisotopic (exact) mass is 507 g/mol. The van der Waals surface area contributed by atoms with E-state index in [4.69, 9.17) is 4.74 Å². The van der Waals surface area contributed by atoms with Crippen LogP contribution in [0.15, 0.2) is 24.3 Å². The Morgan fingerprint density at radius 1 is 1.29 bits per heavy atom. The average molecular weight is 508 g/mol. The van der Waals surface area contributed by atoms with Crippen LogP contribution in [0.2, 0.25) is 0 Å². The molecule has 0 aromatic heterocycles. The number of unbranched alkanes of at least 4 members (excludes halogenated alkanes) is 1. The van der Waals surface area contributed by atoms with Gasteiger partial charge in [-0.2, -0.15) is 11.8 Å². The molecule has 35 heavy (non-hydrogen) atoms. The number of hydrogen-bond acceptors (Lipinski definition) is 6. The quantitative estimate of drug-likeness (QED) is 0.366. The van der Waals surface area contributed by atoms with Crippen molar-refractivity contribution < 1.29 is 24.2 Å². The number of ether oxygens (including phenoxy) is 1. The lowest BCUT2D eigenvalue weighted by molar-refractivity contribution is -0.143. The summed E-state index contributed by atoms with van der Waals surface area (Å²) < 4.78 is 5.41. The lowest BCUT2D eigenvalue weighted by atomic mass is 10.0. The number of hydrogen-bond donors (Lipinski definition) is 3. The van der Waals surface area contributed by atoms with Crippen molar-refractivity contribution in [2.45, 2.75) is 84.0 Å². The zero-order valence-corrected chi connectivity index (χ0v) is 22.6. The summed E-state index contributed by atoms with van der Waals surface area (Å²) in [7, 11) is 0. The minimum Gasteiger partial charge on any atom is -0.508 e. The Kier molecular flexibility index (Phi) is 10.7. The average Bonchev–Trinajstić information content (AvgIpc) is 3.48. The number of phenols is 1. The molecule has 1 aliphatic rings. The smallest absolute Gasteiger partial charge is 0.408 e. The van der Waals surface area contributed by atoms with Gasteiger partial charge in [0.15, 0.2) is 0 Å². The zero-order valence-electron chi connectivity index (χ0n) is 21.8. The van der Waals surface area contributed by atoms with Crippen LogP contribution in [-0.4, -0.2) is 64.2 Å². The molecular formula is C26H41N3O5S. The fourth-order valence-corrected chi connectivity index (χ4v) is 4.38. The Balaban J connectivity index is 2.42. The van der Waals surface area contributed by atoms with Crippen molar-refractivity contribution in [3.8, 4) is 5.75 Å².